The van der Waals surface area contributed by atoms with Gasteiger partial charge in [0.15, 0.2) is 0 Å². The smallest absolute Gasteiger partial charge is 0.229 e. The molecule has 1 saturated heterocycles. The van der Waals surface area contributed by atoms with Gasteiger partial charge in [0.2, 0.25) is 5.91 Å². The van der Waals surface area contributed by atoms with Crippen LogP contribution in [0.3, 0.4) is 0 Å². The zero-order chi connectivity index (χ0) is 21.5. The van der Waals surface area contributed by atoms with Crippen molar-refractivity contribution in [1.82, 2.24) is 14.8 Å². The molecule has 1 atom stereocenters. The Balaban J connectivity index is 0.00000341. The number of piperidine rings is 1. The predicted octanol–water partition coefficient (Wildman–Crippen LogP) is 4.03. The number of benzene rings is 1. The maximum Gasteiger partial charge on any atom is 0.229 e. The molecule has 0 bridgehead atoms. The van der Waals surface area contributed by atoms with Crippen LogP contribution in [0.5, 0.6) is 5.75 Å². The molecule has 1 fully saturated rings. The first-order valence-electron chi connectivity index (χ1n) is 11.2. The van der Waals surface area contributed by atoms with Crippen LogP contribution in [-0.4, -0.2) is 61.4 Å². The second-order valence-electron chi connectivity index (χ2n) is 8.42. The van der Waals surface area contributed by atoms with E-state index in [1.165, 1.54) is 0 Å². The molecule has 2 heterocycles. The van der Waals surface area contributed by atoms with Crippen molar-refractivity contribution in [2.45, 2.75) is 64.6 Å². The molecule has 6 nitrogen and oxygen atoms in total. The van der Waals surface area contributed by atoms with Gasteiger partial charge in [0.1, 0.15) is 5.75 Å². The highest BCUT2D eigenvalue weighted by atomic mass is 35.5. The molecule has 0 spiro atoms. The zero-order valence-corrected chi connectivity index (χ0v) is 20.2. The Kier molecular flexibility index (Phi) is 10.1. The van der Waals surface area contributed by atoms with Gasteiger partial charge in [-0.2, -0.15) is 0 Å². The minimum atomic E-state index is 0. The fourth-order valence-electron chi connectivity index (χ4n) is 4.72. The van der Waals surface area contributed by atoms with Crippen molar-refractivity contribution in [2.24, 2.45) is 0 Å². The molecule has 31 heavy (non-hydrogen) atoms. The van der Waals surface area contributed by atoms with Gasteiger partial charge >= 0.3 is 0 Å². The van der Waals surface area contributed by atoms with Gasteiger partial charge in [-0.05, 0) is 58.2 Å². The molecule has 0 unspecified atom stereocenters. The molecule has 0 radical (unpaired) electrons. The lowest BCUT2D eigenvalue weighted by atomic mass is 10.0. The number of unbranched alkanes of at least 4 members (excludes halogenated alkanes) is 1. The fourth-order valence-corrected chi connectivity index (χ4v) is 4.72. The molecule has 0 saturated carbocycles. The van der Waals surface area contributed by atoms with Gasteiger partial charge in [-0.3, -0.25) is 4.79 Å². The quantitative estimate of drug-likeness (QED) is 0.554. The van der Waals surface area contributed by atoms with Crippen LogP contribution in [0.1, 0.15) is 45.2 Å². The Morgan fingerprint density at radius 2 is 2.03 bits per heavy atom. The number of para-hydroxylation sites is 1. The van der Waals surface area contributed by atoms with Crippen molar-refractivity contribution in [1.29, 1.82) is 0 Å². The first-order valence-corrected chi connectivity index (χ1v) is 11.2. The monoisotopic (exact) mass is 451 g/mol. The average molecular weight is 452 g/mol. The van der Waals surface area contributed by atoms with Crippen LogP contribution < -0.4 is 10.1 Å². The topological polar surface area (TPSA) is 55.7 Å². The maximum absolute atomic E-state index is 13.5. The Hall–Kier alpha value is -1.76. The average Bonchev–Trinajstić information content (AvgIpc) is 3.04. The van der Waals surface area contributed by atoms with E-state index in [2.05, 4.69) is 40.8 Å². The van der Waals surface area contributed by atoms with E-state index in [1.807, 2.05) is 12.1 Å². The van der Waals surface area contributed by atoms with Crippen molar-refractivity contribution < 1.29 is 14.3 Å². The molecule has 3 rings (SSSR count). The van der Waals surface area contributed by atoms with Crippen molar-refractivity contribution in [3.63, 3.8) is 0 Å². The summed E-state index contributed by atoms with van der Waals surface area (Å²) in [5.41, 5.74) is 2.11. The summed E-state index contributed by atoms with van der Waals surface area (Å²) in [6, 6.07) is 8.71. The van der Waals surface area contributed by atoms with Crippen LogP contribution in [0.2, 0.25) is 0 Å². The van der Waals surface area contributed by atoms with Crippen LogP contribution in [0.15, 0.2) is 24.3 Å². The molecule has 1 amide bonds. The van der Waals surface area contributed by atoms with Gasteiger partial charge < -0.3 is 24.3 Å². The number of carbonyl (C=O) groups is 1. The molecule has 1 N–H and O–H groups in total. The molecule has 2 aromatic rings. The van der Waals surface area contributed by atoms with Gasteiger partial charge in [-0.1, -0.05) is 12.1 Å². The number of aromatic nitrogens is 1. The number of methoxy groups -OCH3 is 2. The summed E-state index contributed by atoms with van der Waals surface area (Å²) in [4.78, 5) is 15.6. The third-order valence-corrected chi connectivity index (χ3v) is 6.04. The predicted molar refractivity (Wildman–Crippen MR) is 128 cm³/mol. The van der Waals surface area contributed by atoms with E-state index in [0.29, 0.717) is 6.42 Å². The van der Waals surface area contributed by atoms with E-state index < -0.39 is 0 Å². The lowest BCUT2D eigenvalue weighted by Gasteiger charge is -2.37. The second-order valence-corrected chi connectivity index (χ2v) is 8.42. The standard InChI is InChI=1S/C24H37N3O3.ClH/c1-18(2)27(19-10-9-13-25-17-19)23(28)16-22-24(30-4)20-11-5-6-12-21(20)26(22)14-7-8-15-29-3;/h5-6,11-12,18-19,25H,7-10,13-17H2,1-4H3;1H/t19-;/m1./s1. The van der Waals surface area contributed by atoms with Gasteiger partial charge in [-0.15, -0.1) is 12.4 Å². The summed E-state index contributed by atoms with van der Waals surface area (Å²) >= 11 is 0. The minimum Gasteiger partial charge on any atom is -0.494 e. The molecule has 0 aliphatic carbocycles. The number of hydrogen-bond donors (Lipinski definition) is 1. The summed E-state index contributed by atoms with van der Waals surface area (Å²) in [5, 5.41) is 4.52. The lowest BCUT2D eigenvalue weighted by molar-refractivity contribution is -0.135. The molecule has 1 aliphatic heterocycles. The summed E-state index contributed by atoms with van der Waals surface area (Å²) in [6.07, 6.45) is 4.52. The fraction of sp³-hybridized carbons (Fsp3) is 0.625. The van der Waals surface area contributed by atoms with Crippen LogP contribution in [0.4, 0.5) is 0 Å². The first-order chi connectivity index (χ1) is 14.6. The second kappa shape index (κ2) is 12.3. The molecule has 1 aromatic carbocycles. The number of nitrogens with one attached hydrogen (secondary N) is 1. The van der Waals surface area contributed by atoms with Crippen LogP contribution in [0, 0.1) is 0 Å². The van der Waals surface area contributed by atoms with Crippen LogP contribution >= 0.6 is 12.4 Å². The van der Waals surface area contributed by atoms with Gasteiger partial charge in [0.05, 0.1) is 24.7 Å². The molecule has 1 aromatic heterocycles. The van der Waals surface area contributed by atoms with Crippen molar-refractivity contribution in [3.8, 4) is 5.75 Å². The van der Waals surface area contributed by atoms with E-state index in [9.17, 15) is 4.79 Å². The minimum absolute atomic E-state index is 0. The summed E-state index contributed by atoms with van der Waals surface area (Å²) in [5.74, 6) is 1.01. The number of aryl methyl sites for hydroxylation is 1. The van der Waals surface area contributed by atoms with E-state index in [0.717, 1.165) is 74.3 Å². The van der Waals surface area contributed by atoms with E-state index in [4.69, 9.17) is 9.47 Å². The van der Waals surface area contributed by atoms with E-state index in [1.54, 1.807) is 14.2 Å². The molecule has 1 aliphatic rings. The van der Waals surface area contributed by atoms with E-state index >= 15 is 0 Å². The SMILES string of the molecule is COCCCCn1c(CC(=O)N(C(C)C)[C@@H]2CCCNC2)c(OC)c2ccccc21.Cl. The first kappa shape index (κ1) is 25.5. The Morgan fingerprint density at radius 1 is 1.26 bits per heavy atom. The largest absolute Gasteiger partial charge is 0.494 e. The Bertz CT molecular complexity index is 831. The van der Waals surface area contributed by atoms with E-state index in [-0.39, 0.29) is 30.4 Å². The van der Waals surface area contributed by atoms with Crippen molar-refractivity contribution in [3.05, 3.63) is 30.0 Å². The molecular weight excluding hydrogens is 414 g/mol. The third kappa shape index (κ3) is 5.93. The number of amides is 1. The summed E-state index contributed by atoms with van der Waals surface area (Å²) in [6.45, 7) is 7.75. The lowest BCUT2D eigenvalue weighted by Crippen LogP contribution is -2.52. The number of rotatable bonds is 10. The maximum atomic E-state index is 13.5. The van der Waals surface area contributed by atoms with Crippen molar-refractivity contribution >= 4 is 29.2 Å². The van der Waals surface area contributed by atoms with Crippen molar-refractivity contribution in [2.75, 3.05) is 33.9 Å². The number of fused-ring (bicyclic) bond motifs is 1. The summed E-state index contributed by atoms with van der Waals surface area (Å²) in [7, 11) is 3.44. The number of carbonyl (C=O) groups excluding carboxylic acids is 1. The number of nitrogens with zero attached hydrogens (tertiary/aromatic N) is 2. The van der Waals surface area contributed by atoms with Gasteiger partial charge in [0, 0.05) is 44.3 Å². The zero-order valence-electron chi connectivity index (χ0n) is 19.4. The molecule has 174 valence electrons. The van der Waals surface area contributed by atoms with Crippen LogP contribution in [-0.2, 0) is 22.5 Å². The number of hydrogen-bond acceptors (Lipinski definition) is 4. The number of halogens is 1. The number of ether oxygens (including phenoxy) is 2. The summed E-state index contributed by atoms with van der Waals surface area (Å²) < 4.78 is 13.3. The normalized spacial score (nSPS) is 16.4. The Labute approximate surface area is 192 Å². The van der Waals surface area contributed by atoms with Crippen LogP contribution in [0.25, 0.3) is 10.9 Å². The molecular formula is C24H38ClN3O3. The van der Waals surface area contributed by atoms with Gasteiger partial charge in [-0.25, -0.2) is 0 Å². The van der Waals surface area contributed by atoms with Gasteiger partial charge in [0.25, 0.3) is 0 Å². The Morgan fingerprint density at radius 3 is 2.68 bits per heavy atom. The molecule has 7 heteroatoms. The highest BCUT2D eigenvalue weighted by Crippen LogP contribution is 2.34. The third-order valence-electron chi connectivity index (χ3n) is 6.04. The highest BCUT2D eigenvalue weighted by Gasteiger charge is 2.29. The highest BCUT2D eigenvalue weighted by molar-refractivity contribution is 5.91.